The van der Waals surface area contributed by atoms with E-state index >= 15 is 0 Å². The molecule has 0 spiro atoms. The molecule has 2 rings (SSSR count). The Bertz CT molecular complexity index is 732. The number of rotatable bonds is 9. The molecule has 1 amide bonds. The summed E-state index contributed by atoms with van der Waals surface area (Å²) >= 11 is 0. The molecule has 0 heterocycles. The van der Waals surface area contributed by atoms with Gasteiger partial charge >= 0.3 is 12.1 Å². The molecule has 138 valence electrons. The standard InChI is InChI=1S/C19H21NO6/c1-24-17-11-15(12-18(21)22)7-8-16(17)25-10-9-20-19(23)26-13-14-5-3-2-4-6-14/h2-8,11H,9-10,12-13H2,1H3,(H,20,23)(H,21,22). The summed E-state index contributed by atoms with van der Waals surface area (Å²) in [6, 6.07) is 14.3. The van der Waals surface area contributed by atoms with E-state index in [9.17, 15) is 9.59 Å². The van der Waals surface area contributed by atoms with Crippen LogP contribution in [-0.4, -0.2) is 37.4 Å². The molecule has 0 aliphatic carbocycles. The van der Waals surface area contributed by atoms with Gasteiger partial charge in [0.25, 0.3) is 0 Å². The van der Waals surface area contributed by atoms with Crippen molar-refractivity contribution in [3.05, 3.63) is 59.7 Å². The van der Waals surface area contributed by atoms with E-state index in [0.29, 0.717) is 17.1 Å². The molecule has 0 aliphatic rings. The molecule has 2 aromatic rings. The second-order valence-corrected chi connectivity index (χ2v) is 5.39. The number of carboxylic acid groups (broad SMARTS) is 1. The van der Waals surface area contributed by atoms with E-state index < -0.39 is 12.1 Å². The number of carbonyl (C=O) groups excluding carboxylic acids is 1. The molecule has 7 heteroatoms. The third kappa shape index (κ3) is 6.35. The van der Waals surface area contributed by atoms with Crippen LogP contribution in [0.15, 0.2) is 48.5 Å². The summed E-state index contributed by atoms with van der Waals surface area (Å²) in [7, 11) is 1.48. The summed E-state index contributed by atoms with van der Waals surface area (Å²) in [5.74, 6) is -0.00423. The molecular weight excluding hydrogens is 338 g/mol. The van der Waals surface area contributed by atoms with Gasteiger partial charge in [-0.05, 0) is 23.3 Å². The Kier molecular flexibility index (Phi) is 7.30. The SMILES string of the molecule is COc1cc(CC(=O)O)ccc1OCCNC(=O)OCc1ccccc1. The van der Waals surface area contributed by atoms with Crippen LogP contribution in [0.3, 0.4) is 0 Å². The maximum absolute atomic E-state index is 11.6. The first-order chi connectivity index (χ1) is 12.6. The average Bonchev–Trinajstić information content (AvgIpc) is 2.64. The Labute approximate surface area is 151 Å². The predicted octanol–water partition coefficient (Wildman–Crippen LogP) is 2.63. The van der Waals surface area contributed by atoms with Crippen molar-refractivity contribution in [3.8, 4) is 11.5 Å². The molecule has 2 N–H and O–H groups in total. The van der Waals surface area contributed by atoms with Gasteiger partial charge in [0, 0.05) is 0 Å². The third-order valence-corrected chi connectivity index (χ3v) is 3.43. The van der Waals surface area contributed by atoms with E-state index in [1.54, 1.807) is 18.2 Å². The first-order valence-corrected chi connectivity index (χ1v) is 8.04. The van der Waals surface area contributed by atoms with Crippen molar-refractivity contribution in [2.75, 3.05) is 20.3 Å². The van der Waals surface area contributed by atoms with Gasteiger partial charge in [-0.15, -0.1) is 0 Å². The monoisotopic (exact) mass is 359 g/mol. The van der Waals surface area contributed by atoms with Crippen LogP contribution in [0.25, 0.3) is 0 Å². The van der Waals surface area contributed by atoms with E-state index in [-0.39, 0.29) is 26.2 Å². The highest BCUT2D eigenvalue weighted by Gasteiger charge is 2.09. The van der Waals surface area contributed by atoms with Gasteiger partial charge < -0.3 is 24.6 Å². The van der Waals surface area contributed by atoms with Crippen molar-refractivity contribution in [2.24, 2.45) is 0 Å². The summed E-state index contributed by atoms with van der Waals surface area (Å²) in [6.07, 6.45) is -0.618. The second kappa shape index (κ2) is 9.93. The van der Waals surface area contributed by atoms with Crippen LogP contribution in [0.5, 0.6) is 11.5 Å². The van der Waals surface area contributed by atoms with Crippen LogP contribution < -0.4 is 14.8 Å². The minimum atomic E-state index is -0.918. The van der Waals surface area contributed by atoms with Crippen LogP contribution in [-0.2, 0) is 22.6 Å². The fourth-order valence-electron chi connectivity index (χ4n) is 2.20. The Balaban J connectivity index is 1.73. The zero-order chi connectivity index (χ0) is 18.8. The van der Waals surface area contributed by atoms with Crippen LogP contribution in [0.1, 0.15) is 11.1 Å². The van der Waals surface area contributed by atoms with Gasteiger partial charge in [-0.2, -0.15) is 0 Å². The fourth-order valence-corrected chi connectivity index (χ4v) is 2.20. The molecule has 0 radical (unpaired) electrons. The zero-order valence-electron chi connectivity index (χ0n) is 14.4. The Hall–Kier alpha value is -3.22. The van der Waals surface area contributed by atoms with E-state index in [1.165, 1.54) is 7.11 Å². The number of carbonyl (C=O) groups is 2. The van der Waals surface area contributed by atoms with Crippen molar-refractivity contribution in [2.45, 2.75) is 13.0 Å². The van der Waals surface area contributed by atoms with Gasteiger partial charge in [0.1, 0.15) is 13.2 Å². The Morgan fingerprint density at radius 2 is 1.81 bits per heavy atom. The lowest BCUT2D eigenvalue weighted by atomic mass is 10.1. The number of hydrogen-bond donors (Lipinski definition) is 2. The number of alkyl carbamates (subject to hydrolysis) is 1. The number of hydrogen-bond acceptors (Lipinski definition) is 5. The first-order valence-electron chi connectivity index (χ1n) is 8.04. The first kappa shape index (κ1) is 19.1. The molecule has 0 aliphatic heterocycles. The maximum atomic E-state index is 11.6. The summed E-state index contributed by atoms with van der Waals surface area (Å²) < 4.78 is 15.9. The Morgan fingerprint density at radius 3 is 2.50 bits per heavy atom. The molecular formula is C19H21NO6. The molecule has 2 aromatic carbocycles. The summed E-state index contributed by atoms with van der Waals surface area (Å²) in [5, 5.41) is 11.4. The molecule has 0 unspecified atom stereocenters. The smallest absolute Gasteiger partial charge is 0.407 e. The molecule has 0 saturated carbocycles. The van der Waals surface area contributed by atoms with Gasteiger partial charge in [0.2, 0.25) is 0 Å². The molecule has 0 fully saturated rings. The molecule has 0 saturated heterocycles. The highest BCUT2D eigenvalue weighted by atomic mass is 16.5. The van der Waals surface area contributed by atoms with E-state index in [0.717, 1.165) is 5.56 Å². The topological polar surface area (TPSA) is 94.1 Å². The van der Waals surface area contributed by atoms with Crippen molar-refractivity contribution in [1.82, 2.24) is 5.32 Å². The van der Waals surface area contributed by atoms with Crippen molar-refractivity contribution in [3.63, 3.8) is 0 Å². The minimum absolute atomic E-state index is 0.0918. The van der Waals surface area contributed by atoms with Crippen LogP contribution in [0.2, 0.25) is 0 Å². The molecule has 0 atom stereocenters. The molecule has 0 aromatic heterocycles. The van der Waals surface area contributed by atoms with Gasteiger partial charge in [-0.25, -0.2) is 4.79 Å². The van der Waals surface area contributed by atoms with E-state index in [1.807, 2.05) is 30.3 Å². The fraction of sp³-hybridized carbons (Fsp3) is 0.263. The van der Waals surface area contributed by atoms with Crippen LogP contribution in [0.4, 0.5) is 4.79 Å². The van der Waals surface area contributed by atoms with Crippen molar-refractivity contribution in [1.29, 1.82) is 0 Å². The maximum Gasteiger partial charge on any atom is 0.407 e. The summed E-state index contributed by atoms with van der Waals surface area (Å²) in [4.78, 5) is 22.4. The number of benzene rings is 2. The number of ether oxygens (including phenoxy) is 3. The Morgan fingerprint density at radius 1 is 1.04 bits per heavy atom. The van der Waals surface area contributed by atoms with Gasteiger partial charge in [0.05, 0.1) is 20.1 Å². The quantitative estimate of drug-likeness (QED) is 0.669. The average molecular weight is 359 g/mol. The molecule has 0 bridgehead atoms. The van der Waals surface area contributed by atoms with E-state index in [2.05, 4.69) is 5.32 Å². The summed E-state index contributed by atoms with van der Waals surface area (Å²) in [6.45, 7) is 0.676. The second-order valence-electron chi connectivity index (χ2n) is 5.39. The van der Waals surface area contributed by atoms with Gasteiger partial charge in [-0.1, -0.05) is 36.4 Å². The number of aliphatic carboxylic acids is 1. The van der Waals surface area contributed by atoms with Gasteiger partial charge in [0.15, 0.2) is 11.5 Å². The zero-order valence-corrected chi connectivity index (χ0v) is 14.4. The van der Waals surface area contributed by atoms with Crippen molar-refractivity contribution >= 4 is 12.1 Å². The molecule has 7 nitrogen and oxygen atoms in total. The van der Waals surface area contributed by atoms with Crippen molar-refractivity contribution < 1.29 is 28.9 Å². The lowest BCUT2D eigenvalue weighted by Gasteiger charge is -2.12. The number of methoxy groups -OCH3 is 1. The number of nitrogens with one attached hydrogen (secondary N) is 1. The number of carboxylic acids is 1. The van der Waals surface area contributed by atoms with Crippen LogP contribution >= 0.6 is 0 Å². The number of amides is 1. The highest BCUT2D eigenvalue weighted by molar-refractivity contribution is 5.70. The lowest BCUT2D eigenvalue weighted by Crippen LogP contribution is -2.28. The van der Waals surface area contributed by atoms with E-state index in [4.69, 9.17) is 19.3 Å². The van der Waals surface area contributed by atoms with Gasteiger partial charge in [-0.3, -0.25) is 4.79 Å². The highest BCUT2D eigenvalue weighted by Crippen LogP contribution is 2.28. The third-order valence-electron chi connectivity index (χ3n) is 3.43. The summed E-state index contributed by atoms with van der Waals surface area (Å²) in [5.41, 5.74) is 1.52. The normalized spacial score (nSPS) is 10.0. The minimum Gasteiger partial charge on any atom is -0.493 e. The lowest BCUT2D eigenvalue weighted by molar-refractivity contribution is -0.136. The molecule has 26 heavy (non-hydrogen) atoms. The van der Waals surface area contributed by atoms with Crippen LogP contribution in [0, 0.1) is 0 Å². The largest absolute Gasteiger partial charge is 0.493 e. The predicted molar refractivity (Wildman–Crippen MR) is 94.5 cm³/mol.